The van der Waals surface area contributed by atoms with Crippen molar-refractivity contribution in [1.29, 1.82) is 0 Å². The van der Waals surface area contributed by atoms with Crippen molar-refractivity contribution in [3.05, 3.63) is 69.7 Å². The second-order valence-corrected chi connectivity index (χ2v) is 6.39. The summed E-state index contributed by atoms with van der Waals surface area (Å²) >= 11 is 3.49. The summed E-state index contributed by atoms with van der Waals surface area (Å²) in [7, 11) is 0. The molecule has 0 aliphatic carbocycles. The Morgan fingerprint density at radius 2 is 1.95 bits per heavy atom. The fourth-order valence-corrected chi connectivity index (χ4v) is 3.22. The molecule has 1 amide bonds. The Morgan fingerprint density at radius 1 is 1.19 bits per heavy atom. The maximum absolute atomic E-state index is 12.8. The van der Waals surface area contributed by atoms with E-state index in [1.807, 2.05) is 48.2 Å². The van der Waals surface area contributed by atoms with Gasteiger partial charge in [0.15, 0.2) is 0 Å². The van der Waals surface area contributed by atoms with E-state index in [9.17, 15) is 4.79 Å². The highest BCUT2D eigenvalue weighted by molar-refractivity contribution is 9.10. The summed E-state index contributed by atoms with van der Waals surface area (Å²) in [6.07, 6.45) is 2.12. The predicted molar refractivity (Wildman–Crippen MR) is 88.3 cm³/mol. The number of rotatable bonds is 2. The summed E-state index contributed by atoms with van der Waals surface area (Å²) in [4.78, 5) is 14.8. The van der Waals surface area contributed by atoms with E-state index in [0.29, 0.717) is 0 Å². The first-order chi connectivity index (χ1) is 10.2. The van der Waals surface area contributed by atoms with Crippen molar-refractivity contribution in [3.8, 4) is 0 Å². The van der Waals surface area contributed by atoms with Crippen LogP contribution in [-0.4, -0.2) is 17.4 Å². The number of hydrogen-bond acceptors (Lipinski definition) is 1. The third-order valence-electron chi connectivity index (χ3n) is 4.10. The molecule has 2 nitrogen and oxygen atoms in total. The van der Waals surface area contributed by atoms with Gasteiger partial charge in [-0.05, 0) is 49.1 Å². The average molecular weight is 344 g/mol. The topological polar surface area (TPSA) is 20.3 Å². The van der Waals surface area contributed by atoms with E-state index >= 15 is 0 Å². The summed E-state index contributed by atoms with van der Waals surface area (Å²) in [6.45, 7) is 2.85. The molecule has 0 radical (unpaired) electrons. The number of benzene rings is 2. The van der Waals surface area contributed by atoms with Crippen LogP contribution in [0.1, 0.15) is 40.4 Å². The molecule has 1 unspecified atom stereocenters. The summed E-state index contributed by atoms with van der Waals surface area (Å²) < 4.78 is 1.04. The first-order valence-electron chi connectivity index (χ1n) is 7.29. The maximum Gasteiger partial charge on any atom is 0.254 e. The normalized spacial score (nSPS) is 18.0. The van der Waals surface area contributed by atoms with Crippen LogP contribution in [0.25, 0.3) is 0 Å². The number of aryl methyl sites for hydroxylation is 1. The third-order valence-corrected chi connectivity index (χ3v) is 4.99. The van der Waals surface area contributed by atoms with Crippen molar-refractivity contribution in [3.63, 3.8) is 0 Å². The first-order valence-corrected chi connectivity index (χ1v) is 8.08. The molecule has 1 atom stereocenters. The molecule has 3 rings (SSSR count). The molecular formula is C18H18BrNO. The molecular weight excluding hydrogens is 326 g/mol. The minimum Gasteiger partial charge on any atom is -0.332 e. The number of halogens is 1. The first kappa shape index (κ1) is 14.3. The maximum atomic E-state index is 12.8. The van der Waals surface area contributed by atoms with E-state index in [4.69, 9.17) is 0 Å². The van der Waals surface area contributed by atoms with Crippen LogP contribution >= 0.6 is 15.9 Å². The fourth-order valence-electron chi connectivity index (χ4n) is 2.98. The van der Waals surface area contributed by atoms with Gasteiger partial charge < -0.3 is 4.90 Å². The van der Waals surface area contributed by atoms with Gasteiger partial charge >= 0.3 is 0 Å². The van der Waals surface area contributed by atoms with E-state index in [1.165, 1.54) is 5.56 Å². The monoisotopic (exact) mass is 343 g/mol. The number of hydrogen-bond donors (Lipinski definition) is 0. The highest BCUT2D eigenvalue weighted by Crippen LogP contribution is 2.33. The molecule has 1 saturated heterocycles. The molecule has 1 aliphatic heterocycles. The molecule has 3 heteroatoms. The highest BCUT2D eigenvalue weighted by Gasteiger charge is 2.30. The lowest BCUT2D eigenvalue weighted by atomic mass is 10.0. The van der Waals surface area contributed by atoms with Crippen molar-refractivity contribution < 1.29 is 4.79 Å². The van der Waals surface area contributed by atoms with Crippen LogP contribution in [0.4, 0.5) is 0 Å². The highest BCUT2D eigenvalue weighted by atomic mass is 79.9. The van der Waals surface area contributed by atoms with E-state index in [2.05, 4.69) is 28.1 Å². The molecule has 2 aromatic rings. The smallest absolute Gasteiger partial charge is 0.254 e. The molecule has 1 aliphatic rings. The molecule has 0 N–H and O–H groups in total. The summed E-state index contributed by atoms with van der Waals surface area (Å²) in [5.41, 5.74) is 3.10. The van der Waals surface area contributed by atoms with Crippen molar-refractivity contribution >= 4 is 21.8 Å². The van der Waals surface area contributed by atoms with E-state index in [-0.39, 0.29) is 11.9 Å². The number of likely N-dealkylation sites (tertiary alicyclic amines) is 1. The Balaban J connectivity index is 1.88. The lowest BCUT2D eigenvalue weighted by Crippen LogP contribution is -2.30. The lowest BCUT2D eigenvalue weighted by molar-refractivity contribution is 0.0735. The van der Waals surface area contributed by atoms with Crippen LogP contribution in [0, 0.1) is 6.92 Å². The van der Waals surface area contributed by atoms with Gasteiger partial charge in [-0.3, -0.25) is 4.79 Å². The van der Waals surface area contributed by atoms with Crippen LogP contribution in [0.3, 0.4) is 0 Å². The van der Waals surface area contributed by atoms with Gasteiger partial charge in [0, 0.05) is 16.6 Å². The van der Waals surface area contributed by atoms with Crippen molar-refractivity contribution in [2.45, 2.75) is 25.8 Å². The zero-order valence-electron chi connectivity index (χ0n) is 12.1. The van der Waals surface area contributed by atoms with Crippen LogP contribution in [0.2, 0.25) is 0 Å². The summed E-state index contributed by atoms with van der Waals surface area (Å²) in [5.74, 6) is 0.136. The summed E-state index contributed by atoms with van der Waals surface area (Å²) in [6, 6.07) is 16.4. The molecule has 1 fully saturated rings. The lowest BCUT2D eigenvalue weighted by Gasteiger charge is -2.25. The zero-order valence-corrected chi connectivity index (χ0v) is 13.6. The van der Waals surface area contributed by atoms with E-state index < -0.39 is 0 Å². The van der Waals surface area contributed by atoms with Crippen molar-refractivity contribution in [2.75, 3.05) is 6.54 Å². The van der Waals surface area contributed by atoms with Crippen molar-refractivity contribution in [2.24, 2.45) is 0 Å². The molecule has 0 spiro atoms. The van der Waals surface area contributed by atoms with Crippen molar-refractivity contribution in [1.82, 2.24) is 4.90 Å². The number of amides is 1. The number of nitrogens with zero attached hydrogens (tertiary/aromatic N) is 1. The van der Waals surface area contributed by atoms with E-state index in [0.717, 1.165) is 35.0 Å². The van der Waals surface area contributed by atoms with Crippen LogP contribution < -0.4 is 0 Å². The number of carbonyl (C=O) groups excluding carboxylic acids is 1. The third kappa shape index (κ3) is 2.88. The fraction of sp³-hybridized carbons (Fsp3) is 0.278. The Hall–Kier alpha value is -1.61. The van der Waals surface area contributed by atoms with Crippen LogP contribution in [-0.2, 0) is 0 Å². The van der Waals surface area contributed by atoms with E-state index in [1.54, 1.807) is 0 Å². The molecule has 21 heavy (non-hydrogen) atoms. The second kappa shape index (κ2) is 6.02. The van der Waals surface area contributed by atoms with Crippen LogP contribution in [0.15, 0.2) is 53.0 Å². The Labute approximate surface area is 133 Å². The minimum atomic E-state index is 0.136. The Morgan fingerprint density at radius 3 is 2.67 bits per heavy atom. The zero-order chi connectivity index (χ0) is 14.8. The SMILES string of the molecule is Cc1cc(C(=O)N2CCCC2c2ccccc2)ccc1Br. The standard InChI is InChI=1S/C18H18BrNO/c1-13-12-15(9-10-16(13)19)18(21)20-11-5-8-17(20)14-6-3-2-4-7-14/h2-4,6-7,9-10,12,17H,5,8,11H2,1H3. The molecule has 1 heterocycles. The number of carbonyl (C=O) groups is 1. The average Bonchev–Trinajstić information content (AvgIpc) is 2.99. The second-order valence-electron chi connectivity index (χ2n) is 5.53. The quantitative estimate of drug-likeness (QED) is 0.771. The summed E-state index contributed by atoms with van der Waals surface area (Å²) in [5, 5.41) is 0. The van der Waals surface area contributed by atoms with Gasteiger partial charge in [0.2, 0.25) is 0 Å². The molecule has 0 saturated carbocycles. The Bertz CT molecular complexity index is 654. The molecule has 0 aromatic heterocycles. The largest absolute Gasteiger partial charge is 0.332 e. The van der Waals surface area contributed by atoms with Gasteiger partial charge in [-0.1, -0.05) is 46.3 Å². The van der Waals surface area contributed by atoms with Gasteiger partial charge in [0.1, 0.15) is 0 Å². The molecule has 0 bridgehead atoms. The Kier molecular flexibility index (Phi) is 4.11. The van der Waals surface area contributed by atoms with Gasteiger partial charge in [0.25, 0.3) is 5.91 Å². The van der Waals surface area contributed by atoms with Gasteiger partial charge in [0.05, 0.1) is 6.04 Å². The van der Waals surface area contributed by atoms with Crippen LogP contribution in [0.5, 0.6) is 0 Å². The molecule has 2 aromatic carbocycles. The van der Waals surface area contributed by atoms with Gasteiger partial charge in [-0.2, -0.15) is 0 Å². The minimum absolute atomic E-state index is 0.136. The predicted octanol–water partition coefficient (Wildman–Crippen LogP) is 4.73. The van der Waals surface area contributed by atoms with Gasteiger partial charge in [-0.15, -0.1) is 0 Å². The molecule has 108 valence electrons. The van der Waals surface area contributed by atoms with Gasteiger partial charge in [-0.25, -0.2) is 0 Å².